The van der Waals surface area contributed by atoms with E-state index in [0.29, 0.717) is 13.0 Å². The van der Waals surface area contributed by atoms with E-state index in [1.54, 1.807) is 7.11 Å². The van der Waals surface area contributed by atoms with Gasteiger partial charge in [0.25, 0.3) is 0 Å². The molecule has 0 saturated heterocycles. The number of para-hydroxylation sites is 2. The summed E-state index contributed by atoms with van der Waals surface area (Å²) in [4.78, 5) is 20.8. The first-order valence-electron chi connectivity index (χ1n) is 11.2. The van der Waals surface area contributed by atoms with Crippen molar-refractivity contribution in [1.82, 2.24) is 20.6 Å². The molecule has 33 heavy (non-hydrogen) atoms. The number of carbonyl (C=O) groups excluding carboxylic acids is 1. The summed E-state index contributed by atoms with van der Waals surface area (Å²) in [5, 5.41) is 6.09. The number of H-pyrrole nitrogens is 1. The number of benzene rings is 3. The monoisotopic (exact) mass is 442 g/mol. The smallest absolute Gasteiger partial charge is 0.315 e. The molecule has 0 aliphatic rings. The van der Waals surface area contributed by atoms with Crippen LogP contribution in [0.1, 0.15) is 34.1 Å². The van der Waals surface area contributed by atoms with Crippen molar-refractivity contribution in [3.05, 3.63) is 94.8 Å². The van der Waals surface area contributed by atoms with Crippen LogP contribution in [0.4, 0.5) is 4.79 Å². The van der Waals surface area contributed by atoms with Gasteiger partial charge in [-0.15, -0.1) is 0 Å². The minimum Gasteiger partial charge on any atom is -0.497 e. The lowest BCUT2D eigenvalue weighted by Crippen LogP contribution is -2.40. The number of aromatic nitrogens is 2. The van der Waals surface area contributed by atoms with Gasteiger partial charge in [0.05, 0.1) is 24.2 Å². The fraction of sp³-hybridized carbons (Fsp3) is 0.259. The number of ether oxygens (including phenoxy) is 1. The van der Waals surface area contributed by atoms with E-state index >= 15 is 0 Å². The van der Waals surface area contributed by atoms with Crippen LogP contribution in [0.5, 0.6) is 5.75 Å². The first-order chi connectivity index (χ1) is 16.0. The largest absolute Gasteiger partial charge is 0.497 e. The van der Waals surface area contributed by atoms with Gasteiger partial charge in [-0.2, -0.15) is 0 Å². The molecule has 3 aromatic carbocycles. The number of amides is 2. The second-order valence-electron chi connectivity index (χ2n) is 8.31. The van der Waals surface area contributed by atoms with Crippen molar-refractivity contribution in [1.29, 1.82) is 0 Å². The third kappa shape index (κ3) is 5.71. The maximum absolute atomic E-state index is 12.8. The normalized spacial score (nSPS) is 11.8. The van der Waals surface area contributed by atoms with Crippen LogP contribution in [0.2, 0.25) is 0 Å². The summed E-state index contributed by atoms with van der Waals surface area (Å²) in [5.74, 6) is 1.53. The van der Waals surface area contributed by atoms with Crippen molar-refractivity contribution in [2.24, 2.45) is 0 Å². The van der Waals surface area contributed by atoms with E-state index in [9.17, 15) is 4.79 Å². The van der Waals surface area contributed by atoms with Crippen molar-refractivity contribution in [2.45, 2.75) is 32.7 Å². The van der Waals surface area contributed by atoms with Crippen LogP contribution >= 0.6 is 0 Å². The van der Waals surface area contributed by atoms with Crippen molar-refractivity contribution in [3.63, 3.8) is 0 Å². The van der Waals surface area contributed by atoms with Crippen LogP contribution in [-0.2, 0) is 12.8 Å². The van der Waals surface area contributed by atoms with Crippen LogP contribution < -0.4 is 15.4 Å². The number of aryl methyl sites for hydroxylation is 2. The molecule has 0 aliphatic carbocycles. The number of fused-ring (bicyclic) bond motifs is 1. The first-order valence-corrected chi connectivity index (χ1v) is 11.2. The van der Waals surface area contributed by atoms with E-state index in [0.717, 1.165) is 34.6 Å². The highest BCUT2D eigenvalue weighted by molar-refractivity contribution is 5.76. The zero-order chi connectivity index (χ0) is 23.2. The second-order valence-corrected chi connectivity index (χ2v) is 8.31. The molecule has 0 bridgehead atoms. The van der Waals surface area contributed by atoms with Gasteiger partial charge >= 0.3 is 6.03 Å². The topological polar surface area (TPSA) is 79.0 Å². The quantitative estimate of drug-likeness (QED) is 0.359. The third-order valence-corrected chi connectivity index (χ3v) is 5.91. The Bertz CT molecular complexity index is 1200. The van der Waals surface area contributed by atoms with Crippen LogP contribution in [0.3, 0.4) is 0 Å². The molecule has 1 atom stereocenters. The Hall–Kier alpha value is -3.80. The average Bonchev–Trinajstić information content (AvgIpc) is 3.26. The van der Waals surface area contributed by atoms with Crippen LogP contribution in [-0.4, -0.2) is 29.7 Å². The average molecular weight is 443 g/mol. The number of hydrogen-bond donors (Lipinski definition) is 3. The molecule has 0 radical (unpaired) electrons. The zero-order valence-corrected chi connectivity index (χ0v) is 19.3. The van der Waals surface area contributed by atoms with Crippen molar-refractivity contribution in [3.8, 4) is 5.75 Å². The zero-order valence-electron chi connectivity index (χ0n) is 19.3. The Balaban J connectivity index is 1.44. The molecule has 0 spiro atoms. The summed E-state index contributed by atoms with van der Waals surface area (Å²) in [5.41, 5.74) is 6.66. The van der Waals surface area contributed by atoms with Gasteiger partial charge < -0.3 is 20.4 Å². The van der Waals surface area contributed by atoms with Crippen LogP contribution in [0.15, 0.2) is 66.7 Å². The van der Waals surface area contributed by atoms with Crippen molar-refractivity contribution < 1.29 is 9.53 Å². The molecule has 0 aliphatic heterocycles. The lowest BCUT2D eigenvalue weighted by Gasteiger charge is -2.18. The highest BCUT2D eigenvalue weighted by Gasteiger charge is 2.19. The molecule has 0 fully saturated rings. The highest BCUT2D eigenvalue weighted by Crippen LogP contribution is 2.21. The molecule has 3 N–H and O–H groups in total. The standard InChI is InChI=1S/C27H30N4O2/c1-18-8-9-21(16-19(18)2)14-15-28-27(32)31-25(17-20-10-12-22(33-3)13-11-20)26-29-23-6-4-5-7-24(23)30-26/h4-13,16,25H,14-15,17H2,1-3H3,(H,29,30)(H2,28,31,32). The molecule has 170 valence electrons. The number of urea groups is 1. The summed E-state index contributed by atoms with van der Waals surface area (Å²) in [6, 6.07) is 21.6. The van der Waals surface area contributed by atoms with Gasteiger partial charge in [-0.1, -0.05) is 42.5 Å². The SMILES string of the molecule is COc1ccc(CC(NC(=O)NCCc2ccc(C)c(C)c2)c2nc3ccccc3[nH]2)cc1. The van der Waals surface area contributed by atoms with Gasteiger partial charge in [0, 0.05) is 6.54 Å². The first kappa shape index (κ1) is 22.4. The maximum Gasteiger partial charge on any atom is 0.315 e. The number of rotatable bonds is 8. The number of nitrogens with one attached hydrogen (secondary N) is 3. The van der Waals surface area contributed by atoms with Gasteiger partial charge in [0.1, 0.15) is 11.6 Å². The van der Waals surface area contributed by atoms with Gasteiger partial charge in [-0.3, -0.25) is 0 Å². The van der Waals surface area contributed by atoms with Gasteiger partial charge in [-0.05, 0) is 73.2 Å². The number of methoxy groups -OCH3 is 1. The Morgan fingerprint density at radius 1 is 1.00 bits per heavy atom. The number of nitrogens with zero attached hydrogens (tertiary/aromatic N) is 1. The van der Waals surface area contributed by atoms with Crippen molar-refractivity contribution in [2.75, 3.05) is 13.7 Å². The summed E-state index contributed by atoms with van der Waals surface area (Å²) in [7, 11) is 1.65. The molecule has 0 saturated carbocycles. The van der Waals surface area contributed by atoms with Gasteiger partial charge in [-0.25, -0.2) is 9.78 Å². The Kier molecular flexibility index (Phi) is 6.93. The van der Waals surface area contributed by atoms with Crippen LogP contribution in [0.25, 0.3) is 11.0 Å². The highest BCUT2D eigenvalue weighted by atomic mass is 16.5. The summed E-state index contributed by atoms with van der Waals surface area (Å²) in [6.45, 7) is 4.77. The van der Waals surface area contributed by atoms with E-state index in [2.05, 4.69) is 47.7 Å². The molecule has 1 aromatic heterocycles. The predicted molar refractivity (Wildman–Crippen MR) is 132 cm³/mol. The molecule has 1 unspecified atom stereocenters. The van der Waals surface area contributed by atoms with E-state index in [1.165, 1.54) is 16.7 Å². The molecule has 4 rings (SSSR count). The Morgan fingerprint density at radius 3 is 2.48 bits per heavy atom. The Labute approximate surface area is 194 Å². The minimum atomic E-state index is -0.299. The fourth-order valence-corrected chi connectivity index (χ4v) is 3.84. The van der Waals surface area contributed by atoms with E-state index < -0.39 is 0 Å². The Morgan fingerprint density at radius 2 is 1.76 bits per heavy atom. The molecule has 6 heteroatoms. The third-order valence-electron chi connectivity index (χ3n) is 5.91. The summed E-state index contributed by atoms with van der Waals surface area (Å²) in [6.07, 6.45) is 1.39. The summed E-state index contributed by atoms with van der Waals surface area (Å²) >= 11 is 0. The fourth-order valence-electron chi connectivity index (χ4n) is 3.84. The van der Waals surface area contributed by atoms with E-state index in [1.807, 2.05) is 48.5 Å². The lowest BCUT2D eigenvalue weighted by molar-refractivity contribution is 0.236. The number of carbonyl (C=O) groups is 1. The second kappa shape index (κ2) is 10.2. The van der Waals surface area contributed by atoms with Crippen molar-refractivity contribution >= 4 is 17.1 Å². The van der Waals surface area contributed by atoms with Gasteiger partial charge in [0.2, 0.25) is 0 Å². The predicted octanol–water partition coefficient (Wildman–Crippen LogP) is 5.01. The molecule has 6 nitrogen and oxygen atoms in total. The number of hydrogen-bond acceptors (Lipinski definition) is 3. The molecule has 2 amide bonds. The molecular formula is C27H30N4O2. The van der Waals surface area contributed by atoms with E-state index in [-0.39, 0.29) is 12.1 Å². The minimum absolute atomic E-state index is 0.210. The molecular weight excluding hydrogens is 412 g/mol. The molecule has 1 heterocycles. The lowest BCUT2D eigenvalue weighted by atomic mass is 10.0. The van der Waals surface area contributed by atoms with Gasteiger partial charge in [0.15, 0.2) is 0 Å². The van der Waals surface area contributed by atoms with Crippen LogP contribution in [0, 0.1) is 13.8 Å². The molecule has 4 aromatic rings. The van der Waals surface area contributed by atoms with E-state index in [4.69, 9.17) is 9.72 Å². The maximum atomic E-state index is 12.8. The summed E-state index contributed by atoms with van der Waals surface area (Å²) < 4.78 is 5.26. The number of aromatic amines is 1. The number of imidazole rings is 1.